The minimum absolute atomic E-state index is 0.339. The average Bonchev–Trinajstić information content (AvgIpc) is 2.19. The van der Waals surface area contributed by atoms with Crippen molar-refractivity contribution in [2.75, 3.05) is 6.54 Å². The van der Waals surface area contributed by atoms with E-state index in [1.807, 2.05) is 0 Å². The van der Waals surface area contributed by atoms with Gasteiger partial charge in [0.05, 0.1) is 5.25 Å². The van der Waals surface area contributed by atoms with Crippen molar-refractivity contribution in [1.29, 1.82) is 0 Å². The Morgan fingerprint density at radius 1 is 1.33 bits per heavy atom. The summed E-state index contributed by atoms with van der Waals surface area (Å²) >= 11 is 0. The van der Waals surface area contributed by atoms with Gasteiger partial charge in [-0.25, -0.2) is 8.42 Å². The van der Waals surface area contributed by atoms with Crippen molar-refractivity contribution < 1.29 is 18.3 Å². The molecule has 0 aromatic rings. The molecule has 1 aliphatic carbocycles. The number of carboxylic acid groups (broad SMARTS) is 1. The SMILES string of the molecule is NCC(C(=O)O)S(=O)(=O)C1CCCCC1. The number of hydrogen-bond donors (Lipinski definition) is 2. The van der Waals surface area contributed by atoms with Gasteiger partial charge < -0.3 is 10.8 Å². The molecule has 0 aliphatic heterocycles. The van der Waals surface area contributed by atoms with Gasteiger partial charge in [-0.1, -0.05) is 19.3 Å². The van der Waals surface area contributed by atoms with Crippen molar-refractivity contribution in [2.24, 2.45) is 5.73 Å². The number of sulfone groups is 1. The first-order valence-corrected chi connectivity index (χ1v) is 6.76. The topological polar surface area (TPSA) is 97.5 Å². The first kappa shape index (κ1) is 12.4. The minimum Gasteiger partial charge on any atom is -0.480 e. The third-order valence-electron chi connectivity index (χ3n) is 2.90. The fraction of sp³-hybridized carbons (Fsp3) is 0.889. The van der Waals surface area contributed by atoms with Crippen LogP contribution in [0.15, 0.2) is 0 Å². The molecule has 1 saturated carbocycles. The molecule has 1 unspecified atom stereocenters. The standard InChI is InChI=1S/C9H17NO4S/c10-6-8(9(11)12)15(13,14)7-4-2-1-3-5-7/h7-8H,1-6,10H2,(H,11,12). The number of rotatable bonds is 4. The molecule has 0 amide bonds. The first-order chi connectivity index (χ1) is 7.00. The van der Waals surface area contributed by atoms with Gasteiger partial charge in [0.1, 0.15) is 0 Å². The van der Waals surface area contributed by atoms with Crippen LogP contribution in [0.1, 0.15) is 32.1 Å². The molecule has 0 saturated heterocycles. The Labute approximate surface area is 89.6 Å². The van der Waals surface area contributed by atoms with Crippen LogP contribution >= 0.6 is 0 Å². The van der Waals surface area contributed by atoms with Crippen LogP contribution < -0.4 is 5.73 Å². The van der Waals surface area contributed by atoms with Gasteiger partial charge in [-0.3, -0.25) is 4.79 Å². The maximum atomic E-state index is 11.9. The Hall–Kier alpha value is -0.620. The molecule has 0 bridgehead atoms. The largest absolute Gasteiger partial charge is 0.480 e. The quantitative estimate of drug-likeness (QED) is 0.722. The number of carbonyl (C=O) groups is 1. The lowest BCUT2D eigenvalue weighted by atomic mass is 10.0. The molecule has 88 valence electrons. The zero-order valence-electron chi connectivity index (χ0n) is 8.55. The van der Waals surface area contributed by atoms with Gasteiger partial charge in [-0.2, -0.15) is 0 Å². The van der Waals surface area contributed by atoms with Gasteiger partial charge in [0.15, 0.2) is 15.1 Å². The van der Waals surface area contributed by atoms with Gasteiger partial charge in [0.2, 0.25) is 0 Å². The Morgan fingerprint density at radius 3 is 2.27 bits per heavy atom. The van der Waals surface area contributed by atoms with E-state index in [0.29, 0.717) is 12.8 Å². The zero-order valence-corrected chi connectivity index (χ0v) is 9.37. The van der Waals surface area contributed by atoms with Crippen molar-refractivity contribution >= 4 is 15.8 Å². The molecule has 1 rings (SSSR count). The highest BCUT2D eigenvalue weighted by Crippen LogP contribution is 2.26. The normalized spacial score (nSPS) is 21.1. The molecule has 0 heterocycles. The van der Waals surface area contributed by atoms with Crippen LogP contribution in [-0.2, 0) is 14.6 Å². The summed E-state index contributed by atoms with van der Waals surface area (Å²) in [4.78, 5) is 10.8. The Bertz CT molecular complexity index is 319. The van der Waals surface area contributed by atoms with Gasteiger partial charge in [-0.15, -0.1) is 0 Å². The summed E-state index contributed by atoms with van der Waals surface area (Å²) in [5.41, 5.74) is 5.21. The van der Waals surface area contributed by atoms with Crippen molar-refractivity contribution in [3.8, 4) is 0 Å². The van der Waals surface area contributed by atoms with E-state index in [4.69, 9.17) is 10.8 Å². The lowest BCUT2D eigenvalue weighted by molar-refractivity contribution is -0.136. The summed E-state index contributed by atoms with van der Waals surface area (Å²) < 4.78 is 23.8. The molecule has 6 heteroatoms. The molecule has 0 radical (unpaired) electrons. The van der Waals surface area contributed by atoms with Crippen molar-refractivity contribution in [2.45, 2.75) is 42.6 Å². The molecule has 1 atom stereocenters. The maximum absolute atomic E-state index is 11.9. The van der Waals surface area contributed by atoms with Crippen LogP contribution in [0.4, 0.5) is 0 Å². The number of aliphatic carboxylic acids is 1. The Balaban J connectivity index is 2.84. The minimum atomic E-state index is -3.60. The Morgan fingerprint density at radius 2 is 1.87 bits per heavy atom. The molecule has 1 aliphatic rings. The van der Waals surface area contributed by atoms with Crippen LogP contribution in [0, 0.1) is 0 Å². The molecule has 0 aromatic carbocycles. The van der Waals surface area contributed by atoms with E-state index in [0.717, 1.165) is 19.3 Å². The maximum Gasteiger partial charge on any atom is 0.323 e. The lowest BCUT2D eigenvalue weighted by Crippen LogP contribution is -2.43. The van der Waals surface area contributed by atoms with Gasteiger partial charge in [0, 0.05) is 6.54 Å². The summed E-state index contributed by atoms with van der Waals surface area (Å²) in [6, 6.07) is 0. The number of nitrogens with two attached hydrogens (primary N) is 1. The highest BCUT2D eigenvalue weighted by Gasteiger charge is 2.38. The summed E-state index contributed by atoms with van der Waals surface area (Å²) in [5.74, 6) is -1.33. The van der Waals surface area contributed by atoms with Crippen molar-refractivity contribution in [3.05, 3.63) is 0 Å². The first-order valence-electron chi connectivity index (χ1n) is 5.15. The molecule has 3 N–H and O–H groups in total. The van der Waals surface area contributed by atoms with Gasteiger partial charge >= 0.3 is 5.97 Å². The second kappa shape index (κ2) is 4.94. The number of carboxylic acids is 1. The summed E-state index contributed by atoms with van der Waals surface area (Å²) in [7, 11) is -3.60. The summed E-state index contributed by atoms with van der Waals surface area (Å²) in [6.07, 6.45) is 3.91. The molecular weight excluding hydrogens is 218 g/mol. The summed E-state index contributed by atoms with van der Waals surface area (Å²) in [6.45, 7) is -0.339. The third kappa shape index (κ3) is 2.69. The lowest BCUT2D eigenvalue weighted by Gasteiger charge is -2.24. The molecule has 0 spiro atoms. The Kier molecular flexibility index (Phi) is 4.10. The predicted octanol–water partition coefficient (Wildman–Crippen LogP) is 0.146. The van der Waals surface area contributed by atoms with Crippen molar-refractivity contribution in [1.82, 2.24) is 0 Å². The molecule has 0 aromatic heterocycles. The summed E-state index contributed by atoms with van der Waals surface area (Å²) in [5, 5.41) is 6.85. The third-order valence-corrected chi connectivity index (χ3v) is 5.49. The highest BCUT2D eigenvalue weighted by atomic mass is 32.2. The monoisotopic (exact) mass is 235 g/mol. The van der Waals surface area contributed by atoms with Crippen LogP contribution in [0.25, 0.3) is 0 Å². The highest BCUT2D eigenvalue weighted by molar-refractivity contribution is 7.93. The molecule has 15 heavy (non-hydrogen) atoms. The van der Waals surface area contributed by atoms with E-state index in [-0.39, 0.29) is 6.54 Å². The van der Waals surface area contributed by atoms with Crippen LogP contribution in [0.5, 0.6) is 0 Å². The fourth-order valence-electron chi connectivity index (χ4n) is 2.00. The second-order valence-corrected chi connectivity index (χ2v) is 6.33. The predicted molar refractivity (Wildman–Crippen MR) is 56.3 cm³/mol. The van der Waals surface area contributed by atoms with Gasteiger partial charge in [0.25, 0.3) is 0 Å². The van der Waals surface area contributed by atoms with E-state index in [2.05, 4.69) is 0 Å². The van der Waals surface area contributed by atoms with Crippen LogP contribution in [0.3, 0.4) is 0 Å². The number of hydrogen-bond acceptors (Lipinski definition) is 4. The molecule has 1 fully saturated rings. The van der Waals surface area contributed by atoms with E-state index in [9.17, 15) is 13.2 Å². The van der Waals surface area contributed by atoms with Gasteiger partial charge in [-0.05, 0) is 12.8 Å². The zero-order chi connectivity index (χ0) is 11.5. The van der Waals surface area contributed by atoms with E-state index in [1.165, 1.54) is 0 Å². The second-order valence-electron chi connectivity index (χ2n) is 3.91. The fourth-order valence-corrected chi connectivity index (χ4v) is 4.01. The van der Waals surface area contributed by atoms with E-state index in [1.54, 1.807) is 0 Å². The average molecular weight is 235 g/mol. The van der Waals surface area contributed by atoms with E-state index < -0.39 is 26.3 Å². The van der Waals surface area contributed by atoms with Crippen LogP contribution in [0.2, 0.25) is 0 Å². The smallest absolute Gasteiger partial charge is 0.323 e. The van der Waals surface area contributed by atoms with Crippen LogP contribution in [-0.4, -0.2) is 36.5 Å². The van der Waals surface area contributed by atoms with E-state index >= 15 is 0 Å². The van der Waals surface area contributed by atoms with Crippen molar-refractivity contribution in [3.63, 3.8) is 0 Å². The molecular formula is C9H17NO4S. The molecule has 5 nitrogen and oxygen atoms in total.